The predicted molar refractivity (Wildman–Crippen MR) is 54.7 cm³/mol. The van der Waals surface area contributed by atoms with Gasteiger partial charge in [-0.2, -0.15) is 0 Å². The van der Waals surface area contributed by atoms with E-state index in [1.807, 2.05) is 6.07 Å². The van der Waals surface area contributed by atoms with Gasteiger partial charge in [0.1, 0.15) is 0 Å². The van der Waals surface area contributed by atoms with Crippen LogP contribution in [0.1, 0.15) is 18.1 Å². The number of aromatic nitrogens is 1. The van der Waals surface area contributed by atoms with E-state index in [4.69, 9.17) is 9.47 Å². The third-order valence-corrected chi connectivity index (χ3v) is 2.72. The number of aliphatic hydroxyl groups is 1. The van der Waals surface area contributed by atoms with E-state index in [1.54, 1.807) is 19.4 Å². The third-order valence-electron chi connectivity index (χ3n) is 2.72. The molecule has 2 atom stereocenters. The van der Waals surface area contributed by atoms with E-state index >= 15 is 0 Å². The summed E-state index contributed by atoms with van der Waals surface area (Å²) in [6.45, 7) is 1.34. The number of aliphatic hydroxyl groups excluding tert-OH is 1. The Morgan fingerprint density at radius 3 is 3.20 bits per heavy atom. The van der Waals surface area contributed by atoms with Crippen LogP contribution in [0.2, 0.25) is 0 Å². The highest BCUT2D eigenvalue weighted by Gasteiger charge is 2.27. The summed E-state index contributed by atoms with van der Waals surface area (Å²) in [6, 6.07) is 3.64. The van der Waals surface area contributed by atoms with Gasteiger partial charge in [0, 0.05) is 24.3 Å². The maximum Gasteiger partial charge on any atom is 0.218 e. The molecule has 0 radical (unpaired) electrons. The van der Waals surface area contributed by atoms with E-state index in [1.165, 1.54) is 0 Å². The van der Waals surface area contributed by atoms with Crippen molar-refractivity contribution in [1.29, 1.82) is 0 Å². The molecule has 4 heteroatoms. The average molecular weight is 209 g/mol. The van der Waals surface area contributed by atoms with E-state index in [0.717, 1.165) is 18.6 Å². The standard InChI is InChI=1S/C11H15NO3/c1-14-11-9(3-2-5-12-11)10(13)8-4-6-15-7-8/h2-3,5,8,10,13H,4,6-7H2,1H3. The molecule has 2 rings (SSSR count). The smallest absolute Gasteiger partial charge is 0.218 e. The van der Waals surface area contributed by atoms with Gasteiger partial charge >= 0.3 is 0 Å². The molecule has 1 aromatic rings. The largest absolute Gasteiger partial charge is 0.481 e. The summed E-state index contributed by atoms with van der Waals surface area (Å²) in [4.78, 5) is 4.07. The average Bonchev–Trinajstić information content (AvgIpc) is 2.81. The molecule has 1 saturated heterocycles. The van der Waals surface area contributed by atoms with Crippen LogP contribution in [0.3, 0.4) is 0 Å². The van der Waals surface area contributed by atoms with Crippen molar-refractivity contribution in [2.45, 2.75) is 12.5 Å². The molecular formula is C11H15NO3. The van der Waals surface area contributed by atoms with E-state index in [9.17, 15) is 5.11 Å². The summed E-state index contributed by atoms with van der Waals surface area (Å²) >= 11 is 0. The van der Waals surface area contributed by atoms with Gasteiger partial charge < -0.3 is 14.6 Å². The zero-order valence-electron chi connectivity index (χ0n) is 8.72. The van der Waals surface area contributed by atoms with E-state index in [2.05, 4.69) is 4.98 Å². The zero-order valence-corrected chi connectivity index (χ0v) is 8.72. The Labute approximate surface area is 88.9 Å². The quantitative estimate of drug-likeness (QED) is 0.811. The molecule has 1 fully saturated rings. The van der Waals surface area contributed by atoms with Crippen molar-refractivity contribution in [2.24, 2.45) is 5.92 Å². The molecule has 1 N–H and O–H groups in total. The molecule has 1 aromatic heterocycles. The third kappa shape index (κ3) is 2.11. The number of nitrogens with zero attached hydrogens (tertiary/aromatic N) is 1. The summed E-state index contributed by atoms with van der Waals surface area (Å²) in [7, 11) is 1.56. The molecule has 1 aliphatic heterocycles. The van der Waals surface area contributed by atoms with E-state index in [-0.39, 0.29) is 5.92 Å². The van der Waals surface area contributed by atoms with Gasteiger partial charge in [-0.3, -0.25) is 0 Å². The van der Waals surface area contributed by atoms with Gasteiger partial charge in [0.2, 0.25) is 5.88 Å². The minimum absolute atomic E-state index is 0.156. The van der Waals surface area contributed by atoms with Crippen molar-refractivity contribution >= 4 is 0 Å². The number of methoxy groups -OCH3 is 1. The topological polar surface area (TPSA) is 51.6 Å². The van der Waals surface area contributed by atoms with Crippen LogP contribution in [0.15, 0.2) is 18.3 Å². The normalized spacial score (nSPS) is 22.7. The molecule has 82 valence electrons. The molecule has 1 aliphatic rings. The van der Waals surface area contributed by atoms with Gasteiger partial charge in [0.05, 0.1) is 19.8 Å². The molecule has 0 spiro atoms. The van der Waals surface area contributed by atoms with Crippen LogP contribution in [0, 0.1) is 5.92 Å². The number of hydrogen-bond donors (Lipinski definition) is 1. The Morgan fingerprint density at radius 1 is 1.67 bits per heavy atom. The lowest BCUT2D eigenvalue weighted by atomic mass is 9.96. The first-order valence-electron chi connectivity index (χ1n) is 5.07. The molecule has 2 unspecified atom stereocenters. The monoisotopic (exact) mass is 209 g/mol. The Morgan fingerprint density at radius 2 is 2.53 bits per heavy atom. The summed E-state index contributed by atoms with van der Waals surface area (Å²) in [5.74, 6) is 0.653. The maximum atomic E-state index is 10.1. The van der Waals surface area contributed by atoms with Crippen molar-refractivity contribution in [3.8, 4) is 5.88 Å². The van der Waals surface area contributed by atoms with Crippen LogP contribution in [0.4, 0.5) is 0 Å². The summed E-state index contributed by atoms with van der Waals surface area (Å²) in [5.41, 5.74) is 0.746. The highest BCUT2D eigenvalue weighted by atomic mass is 16.5. The fourth-order valence-electron chi connectivity index (χ4n) is 1.85. The Balaban J connectivity index is 2.19. The second-order valence-corrected chi connectivity index (χ2v) is 3.67. The first kappa shape index (κ1) is 10.4. The zero-order chi connectivity index (χ0) is 10.7. The fourth-order valence-corrected chi connectivity index (χ4v) is 1.85. The molecule has 0 bridgehead atoms. The number of hydrogen-bond acceptors (Lipinski definition) is 4. The first-order chi connectivity index (χ1) is 7.33. The van der Waals surface area contributed by atoms with Gasteiger partial charge in [-0.25, -0.2) is 4.98 Å². The molecule has 4 nitrogen and oxygen atoms in total. The molecular weight excluding hydrogens is 194 g/mol. The number of ether oxygens (including phenoxy) is 2. The first-order valence-corrected chi connectivity index (χ1v) is 5.07. The number of pyridine rings is 1. The van der Waals surface area contributed by atoms with E-state index < -0.39 is 6.10 Å². The van der Waals surface area contributed by atoms with Gasteiger partial charge in [0.25, 0.3) is 0 Å². The Hall–Kier alpha value is -1.13. The van der Waals surface area contributed by atoms with Crippen molar-refractivity contribution in [3.63, 3.8) is 0 Å². The lowest BCUT2D eigenvalue weighted by Gasteiger charge is -2.18. The van der Waals surface area contributed by atoms with Gasteiger partial charge in [0.15, 0.2) is 0 Å². The highest BCUT2D eigenvalue weighted by Crippen LogP contribution is 2.32. The molecule has 15 heavy (non-hydrogen) atoms. The molecule has 0 saturated carbocycles. The van der Waals surface area contributed by atoms with Crippen LogP contribution in [-0.2, 0) is 4.74 Å². The van der Waals surface area contributed by atoms with E-state index in [0.29, 0.717) is 12.5 Å². The maximum absolute atomic E-state index is 10.1. The molecule has 0 aliphatic carbocycles. The molecule has 0 aromatic carbocycles. The highest BCUT2D eigenvalue weighted by molar-refractivity contribution is 5.28. The minimum Gasteiger partial charge on any atom is -0.481 e. The summed E-state index contributed by atoms with van der Waals surface area (Å²) < 4.78 is 10.4. The van der Waals surface area contributed by atoms with Crippen LogP contribution in [-0.4, -0.2) is 30.4 Å². The van der Waals surface area contributed by atoms with Crippen molar-refractivity contribution in [1.82, 2.24) is 4.98 Å². The summed E-state index contributed by atoms with van der Waals surface area (Å²) in [6.07, 6.45) is 2.00. The van der Waals surface area contributed by atoms with Crippen LogP contribution >= 0.6 is 0 Å². The fraction of sp³-hybridized carbons (Fsp3) is 0.545. The van der Waals surface area contributed by atoms with Gasteiger partial charge in [-0.15, -0.1) is 0 Å². The second-order valence-electron chi connectivity index (χ2n) is 3.67. The Bertz CT molecular complexity index is 323. The van der Waals surface area contributed by atoms with Crippen molar-refractivity contribution < 1.29 is 14.6 Å². The minimum atomic E-state index is -0.545. The van der Waals surface area contributed by atoms with Crippen LogP contribution in [0.5, 0.6) is 5.88 Å². The SMILES string of the molecule is COc1ncccc1C(O)C1CCOC1. The number of rotatable bonds is 3. The molecule has 2 heterocycles. The predicted octanol–water partition coefficient (Wildman–Crippen LogP) is 1.16. The van der Waals surface area contributed by atoms with Gasteiger partial charge in [-0.05, 0) is 18.6 Å². The molecule has 0 amide bonds. The lowest BCUT2D eigenvalue weighted by Crippen LogP contribution is -2.13. The van der Waals surface area contributed by atoms with Crippen LogP contribution in [0.25, 0.3) is 0 Å². The van der Waals surface area contributed by atoms with Crippen molar-refractivity contribution in [2.75, 3.05) is 20.3 Å². The lowest BCUT2D eigenvalue weighted by molar-refractivity contribution is 0.0891. The van der Waals surface area contributed by atoms with Crippen LogP contribution < -0.4 is 4.74 Å². The summed E-state index contributed by atoms with van der Waals surface area (Å²) in [5, 5.41) is 10.1. The van der Waals surface area contributed by atoms with Crippen molar-refractivity contribution in [3.05, 3.63) is 23.9 Å². The second kappa shape index (κ2) is 4.59. The van der Waals surface area contributed by atoms with Gasteiger partial charge in [-0.1, -0.05) is 0 Å². The Kier molecular flexibility index (Phi) is 3.18.